The second-order valence-corrected chi connectivity index (χ2v) is 9.16. The number of amides is 2. The van der Waals surface area contributed by atoms with Crippen LogP contribution < -0.4 is 11.1 Å². The third kappa shape index (κ3) is 4.72. The van der Waals surface area contributed by atoms with Crippen LogP contribution in [-0.2, 0) is 9.47 Å². The molecule has 2 heterocycles. The van der Waals surface area contributed by atoms with Gasteiger partial charge in [0.15, 0.2) is 0 Å². The summed E-state index contributed by atoms with van der Waals surface area (Å²) in [5.41, 5.74) is 8.50. The van der Waals surface area contributed by atoms with Gasteiger partial charge >= 0.3 is 6.03 Å². The average molecular weight is 450 g/mol. The molecular weight excluding hydrogens is 420 g/mol. The number of benzene rings is 1. The number of nitrogens with two attached hydrogens (primary N) is 1. The minimum Gasteiger partial charge on any atom is -0.376 e. The number of rotatable bonds is 9. The number of nitrogens with zero attached hydrogens (tertiary/aromatic N) is 2. The second kappa shape index (κ2) is 8.24. The Labute approximate surface area is 184 Å². The Bertz CT molecular complexity index is 991. The predicted octanol–water partition coefficient (Wildman–Crippen LogP) is 3.01. The summed E-state index contributed by atoms with van der Waals surface area (Å²) < 4.78 is 39.9. The van der Waals surface area contributed by atoms with Crippen LogP contribution in [0, 0.1) is 0 Å². The van der Waals surface area contributed by atoms with Crippen LogP contribution >= 0.6 is 0 Å². The number of nitrogens with one attached hydrogen (secondary N) is 2. The fourth-order valence-electron chi connectivity index (χ4n) is 3.99. The van der Waals surface area contributed by atoms with Crippen LogP contribution in [0.25, 0.3) is 11.0 Å². The maximum Gasteiger partial charge on any atom is 0.318 e. The van der Waals surface area contributed by atoms with Gasteiger partial charge in [0.25, 0.3) is 5.92 Å². The van der Waals surface area contributed by atoms with Crippen molar-refractivity contribution in [2.24, 2.45) is 5.73 Å². The zero-order chi connectivity index (χ0) is 22.5. The van der Waals surface area contributed by atoms with Crippen molar-refractivity contribution >= 4 is 17.1 Å². The fraction of sp³-hybridized carbons (Fsp3) is 0.636. The third-order valence-electron chi connectivity index (χ3n) is 6.21. The van der Waals surface area contributed by atoms with Crippen LogP contribution in [0.1, 0.15) is 56.1 Å². The lowest BCUT2D eigenvalue weighted by Gasteiger charge is -2.38. The lowest BCUT2D eigenvalue weighted by Crippen LogP contribution is -2.58. The van der Waals surface area contributed by atoms with Crippen LogP contribution in [-0.4, -0.2) is 64.8 Å². The number of fused-ring (bicyclic) bond motifs is 1. The third-order valence-corrected chi connectivity index (χ3v) is 6.21. The minimum atomic E-state index is -3.00. The van der Waals surface area contributed by atoms with Gasteiger partial charge in [0.1, 0.15) is 5.82 Å². The highest BCUT2D eigenvalue weighted by Gasteiger charge is 2.42. The molecule has 4 N–H and O–H groups in total. The summed E-state index contributed by atoms with van der Waals surface area (Å²) in [5.74, 6) is -2.39. The molecule has 3 aliphatic rings. The van der Waals surface area contributed by atoms with Gasteiger partial charge in [0, 0.05) is 0 Å². The molecule has 0 radical (unpaired) electrons. The molecule has 32 heavy (non-hydrogen) atoms. The molecule has 1 aromatic heterocycles. The van der Waals surface area contributed by atoms with Gasteiger partial charge in [-0.15, -0.1) is 0 Å². The molecule has 0 unspecified atom stereocenters. The van der Waals surface area contributed by atoms with Crippen LogP contribution in [0.5, 0.6) is 0 Å². The number of carbonyl (C=O) groups is 1. The first-order valence-electron chi connectivity index (χ1n) is 11.2. The number of aromatic nitrogens is 2. The quantitative estimate of drug-likeness (QED) is 0.546. The zero-order valence-electron chi connectivity index (χ0n) is 18.0. The number of hydrogen-bond donors (Lipinski definition) is 3. The Hall–Kier alpha value is -2.30. The standard InChI is InChI=1S/C22H29F2N5O3/c1-12(32-15-5-6-15)19(25)20-27-16-7-2-13(8-17(16)28-20)18(9-31-14-3-4-14)29-11-22(23,24)10-26-21(29)30/h2,7-8,12,14-15,18-19H,3-6,9-11,25H2,1H3,(H,26,30)(H,27,28)/t12-,18-,19+/m1/s1. The van der Waals surface area contributed by atoms with Crippen LogP contribution in [0.4, 0.5) is 13.6 Å². The topological polar surface area (TPSA) is 106 Å². The van der Waals surface area contributed by atoms with Crippen molar-refractivity contribution in [3.05, 3.63) is 29.6 Å². The van der Waals surface area contributed by atoms with Crippen molar-refractivity contribution in [3.8, 4) is 0 Å². The summed E-state index contributed by atoms with van der Waals surface area (Å²) >= 11 is 0. The smallest absolute Gasteiger partial charge is 0.318 e. The molecule has 2 amide bonds. The number of hydrogen-bond acceptors (Lipinski definition) is 5. The Morgan fingerprint density at radius 3 is 2.75 bits per heavy atom. The average Bonchev–Trinajstić information content (AvgIpc) is 3.69. The number of imidazole rings is 1. The molecule has 1 saturated heterocycles. The van der Waals surface area contributed by atoms with E-state index in [0.29, 0.717) is 16.9 Å². The first-order valence-corrected chi connectivity index (χ1v) is 11.2. The van der Waals surface area contributed by atoms with Crippen molar-refractivity contribution in [3.63, 3.8) is 0 Å². The molecule has 2 saturated carbocycles. The van der Waals surface area contributed by atoms with Crippen molar-refractivity contribution in [2.45, 2.75) is 68.9 Å². The Morgan fingerprint density at radius 2 is 2.03 bits per heavy atom. The monoisotopic (exact) mass is 449 g/mol. The molecule has 3 atom stereocenters. The maximum atomic E-state index is 14.1. The molecular formula is C22H29F2N5O3. The van der Waals surface area contributed by atoms with Gasteiger partial charge in [0.05, 0.1) is 61.1 Å². The van der Waals surface area contributed by atoms with Crippen molar-refractivity contribution < 1.29 is 23.0 Å². The van der Waals surface area contributed by atoms with Crippen LogP contribution in [0.15, 0.2) is 18.2 Å². The largest absolute Gasteiger partial charge is 0.376 e. The summed E-state index contributed by atoms with van der Waals surface area (Å²) in [6, 6.07) is 3.90. The summed E-state index contributed by atoms with van der Waals surface area (Å²) in [5, 5.41) is 2.30. The number of H-pyrrole nitrogens is 1. The molecule has 0 spiro atoms. The Kier molecular flexibility index (Phi) is 5.55. The normalized spacial score (nSPS) is 23.8. The second-order valence-electron chi connectivity index (χ2n) is 9.16. The SMILES string of the molecule is C[C@@H](OC1CC1)[C@H](N)c1nc2ccc([C@@H](COC3CC3)N3CC(F)(F)CNC3=O)cc2[nH]1. The highest BCUT2D eigenvalue weighted by Crippen LogP contribution is 2.33. The lowest BCUT2D eigenvalue weighted by molar-refractivity contribution is -0.0541. The lowest BCUT2D eigenvalue weighted by atomic mass is 10.0. The number of carbonyl (C=O) groups excluding carboxylic acids is 1. The van der Waals surface area contributed by atoms with E-state index in [1.165, 1.54) is 4.90 Å². The molecule has 1 aliphatic heterocycles. The number of halogens is 2. The van der Waals surface area contributed by atoms with E-state index in [1.54, 1.807) is 0 Å². The number of aromatic amines is 1. The highest BCUT2D eigenvalue weighted by atomic mass is 19.3. The van der Waals surface area contributed by atoms with Crippen LogP contribution in [0.3, 0.4) is 0 Å². The minimum absolute atomic E-state index is 0.138. The maximum absolute atomic E-state index is 14.1. The molecule has 8 nitrogen and oxygen atoms in total. The van der Waals surface area contributed by atoms with Crippen molar-refractivity contribution in [2.75, 3.05) is 19.7 Å². The van der Waals surface area contributed by atoms with Gasteiger partial charge in [-0.05, 0) is 50.3 Å². The molecule has 2 aromatic rings. The van der Waals surface area contributed by atoms with E-state index in [4.69, 9.17) is 15.2 Å². The van der Waals surface area contributed by atoms with E-state index < -0.39 is 37.1 Å². The molecule has 1 aromatic carbocycles. The van der Waals surface area contributed by atoms with Crippen LogP contribution in [0.2, 0.25) is 0 Å². The number of alkyl halides is 2. The van der Waals surface area contributed by atoms with E-state index in [1.807, 2.05) is 25.1 Å². The highest BCUT2D eigenvalue weighted by molar-refractivity contribution is 5.78. The molecule has 5 rings (SSSR count). The summed E-state index contributed by atoms with van der Waals surface area (Å²) in [7, 11) is 0. The van der Waals surface area contributed by atoms with E-state index in [2.05, 4.69) is 15.3 Å². The van der Waals surface area contributed by atoms with Gasteiger partial charge in [-0.1, -0.05) is 6.07 Å². The molecule has 0 bridgehead atoms. The Morgan fingerprint density at radius 1 is 1.28 bits per heavy atom. The Balaban J connectivity index is 1.40. The van der Waals surface area contributed by atoms with Gasteiger partial charge in [-0.3, -0.25) is 0 Å². The van der Waals surface area contributed by atoms with E-state index >= 15 is 0 Å². The van der Waals surface area contributed by atoms with Gasteiger partial charge in [-0.2, -0.15) is 0 Å². The zero-order valence-corrected chi connectivity index (χ0v) is 18.0. The van der Waals surface area contributed by atoms with Gasteiger partial charge < -0.3 is 30.4 Å². The van der Waals surface area contributed by atoms with Crippen molar-refractivity contribution in [1.82, 2.24) is 20.2 Å². The van der Waals surface area contributed by atoms with Crippen molar-refractivity contribution in [1.29, 1.82) is 0 Å². The van der Waals surface area contributed by atoms with Gasteiger partial charge in [0.2, 0.25) is 0 Å². The summed E-state index contributed by atoms with van der Waals surface area (Å²) in [6.07, 6.45) is 4.28. The molecule has 3 fully saturated rings. The first-order chi connectivity index (χ1) is 15.3. The van der Waals surface area contributed by atoms with E-state index in [-0.39, 0.29) is 24.9 Å². The number of urea groups is 1. The van der Waals surface area contributed by atoms with Gasteiger partial charge in [-0.25, -0.2) is 18.6 Å². The molecule has 10 heteroatoms. The summed E-state index contributed by atoms with van der Waals surface area (Å²) in [6.45, 7) is 0.791. The molecule has 2 aliphatic carbocycles. The summed E-state index contributed by atoms with van der Waals surface area (Å²) in [4.78, 5) is 21.5. The van der Waals surface area contributed by atoms with E-state index in [0.717, 1.165) is 31.2 Å². The van der Waals surface area contributed by atoms with E-state index in [9.17, 15) is 13.6 Å². The number of ether oxygens (including phenoxy) is 2. The first kappa shape index (κ1) is 21.5. The molecule has 174 valence electrons. The predicted molar refractivity (Wildman–Crippen MR) is 113 cm³/mol. The fourth-order valence-corrected chi connectivity index (χ4v) is 3.99.